The van der Waals surface area contributed by atoms with E-state index in [-0.39, 0.29) is 0 Å². The van der Waals surface area contributed by atoms with Crippen LogP contribution in [0.3, 0.4) is 0 Å². The Hall–Kier alpha value is -1.37. The van der Waals surface area contributed by atoms with E-state index in [1.165, 1.54) is 12.8 Å². The lowest BCUT2D eigenvalue weighted by Crippen LogP contribution is -2.23. The molecule has 0 aromatic carbocycles. The van der Waals surface area contributed by atoms with E-state index in [9.17, 15) is 4.79 Å². The summed E-state index contributed by atoms with van der Waals surface area (Å²) in [5.41, 5.74) is 0. The predicted octanol–water partition coefficient (Wildman–Crippen LogP) is 7.15. The van der Waals surface area contributed by atoms with Gasteiger partial charge < -0.3 is 15.7 Å². The second kappa shape index (κ2) is 26.7. The van der Waals surface area contributed by atoms with Crippen molar-refractivity contribution < 1.29 is 9.90 Å². The zero-order valence-electron chi connectivity index (χ0n) is 19.1. The average molecular weight is 467 g/mol. The van der Waals surface area contributed by atoms with Gasteiger partial charge in [-0.15, -0.1) is 0 Å². The van der Waals surface area contributed by atoms with Crippen LogP contribution in [0.2, 0.25) is 0 Å². The Morgan fingerprint density at radius 2 is 1.23 bits per heavy atom. The topological polar surface area (TPSA) is 61.4 Å². The highest BCUT2D eigenvalue weighted by Gasteiger charge is 1.94. The number of rotatable bonds is 21. The van der Waals surface area contributed by atoms with Gasteiger partial charge in [-0.05, 0) is 57.9 Å². The minimum Gasteiger partial charge on any atom is -0.465 e. The first-order valence-corrected chi connectivity index (χ1v) is 13.9. The molecule has 0 saturated carbocycles. The highest BCUT2D eigenvalue weighted by Crippen LogP contribution is 2.19. The molecule has 0 atom stereocenters. The fourth-order valence-electron chi connectivity index (χ4n) is 2.44. The smallest absolute Gasteiger partial charge is 0.404 e. The maximum atomic E-state index is 10.3. The summed E-state index contributed by atoms with van der Waals surface area (Å²) in [6.45, 7) is 4.74. The monoisotopic (exact) mass is 466 g/mol. The third kappa shape index (κ3) is 28.6. The zero-order valence-corrected chi connectivity index (χ0v) is 20.8. The van der Waals surface area contributed by atoms with Crippen LogP contribution in [0, 0.1) is 0 Å². The molecule has 0 spiro atoms. The second-order valence-electron chi connectivity index (χ2n) is 6.83. The SMILES string of the molecule is CC/C=C\CC=CCC=CC/C=C\C/C=C\CCCCNCCSSCCNC(=O)O. The molecule has 31 heavy (non-hydrogen) atoms. The molecular formula is C25H42N2O2S2. The first-order valence-electron chi connectivity index (χ1n) is 11.4. The molecule has 0 unspecified atom stereocenters. The summed E-state index contributed by atoms with van der Waals surface area (Å²) in [5.74, 6) is 1.86. The molecule has 0 heterocycles. The molecule has 0 rings (SSSR count). The van der Waals surface area contributed by atoms with Crippen LogP contribution in [-0.2, 0) is 0 Å². The number of hydrogen-bond donors (Lipinski definition) is 3. The molecule has 0 fully saturated rings. The van der Waals surface area contributed by atoms with Gasteiger partial charge in [0.05, 0.1) is 0 Å². The van der Waals surface area contributed by atoms with Gasteiger partial charge in [0.1, 0.15) is 0 Å². The fraction of sp³-hybridized carbons (Fsp3) is 0.560. The number of carboxylic acid groups (broad SMARTS) is 1. The molecule has 0 aromatic rings. The second-order valence-corrected chi connectivity index (χ2v) is 9.53. The van der Waals surface area contributed by atoms with Crippen LogP contribution in [0.1, 0.15) is 58.3 Å². The summed E-state index contributed by atoms with van der Waals surface area (Å²) in [4.78, 5) is 10.3. The molecule has 0 aromatic heterocycles. The predicted molar refractivity (Wildman–Crippen MR) is 142 cm³/mol. The van der Waals surface area contributed by atoms with Crippen LogP contribution in [-0.4, -0.2) is 42.3 Å². The van der Waals surface area contributed by atoms with Crippen molar-refractivity contribution >= 4 is 27.7 Å². The third-order valence-electron chi connectivity index (χ3n) is 4.04. The van der Waals surface area contributed by atoms with E-state index in [4.69, 9.17) is 5.11 Å². The lowest BCUT2D eigenvalue weighted by atomic mass is 10.2. The Morgan fingerprint density at radius 1 is 0.710 bits per heavy atom. The molecule has 3 N–H and O–H groups in total. The fourth-order valence-corrected chi connectivity index (χ4v) is 4.29. The number of nitrogens with one attached hydrogen (secondary N) is 2. The quantitative estimate of drug-likeness (QED) is 0.0952. The molecule has 6 heteroatoms. The molecule has 0 aliphatic carbocycles. The van der Waals surface area contributed by atoms with E-state index in [0.29, 0.717) is 6.54 Å². The summed E-state index contributed by atoms with van der Waals surface area (Å²) in [7, 11) is 3.50. The van der Waals surface area contributed by atoms with E-state index in [2.05, 4.69) is 78.3 Å². The first-order chi connectivity index (χ1) is 15.3. The van der Waals surface area contributed by atoms with Gasteiger partial charge in [-0.3, -0.25) is 0 Å². The first kappa shape index (κ1) is 29.6. The average Bonchev–Trinajstić information content (AvgIpc) is 2.76. The molecule has 0 radical (unpaired) electrons. The number of hydrogen-bond acceptors (Lipinski definition) is 4. The Morgan fingerprint density at radius 3 is 1.77 bits per heavy atom. The molecule has 0 bridgehead atoms. The maximum absolute atomic E-state index is 10.3. The van der Waals surface area contributed by atoms with Gasteiger partial charge in [-0.2, -0.15) is 0 Å². The van der Waals surface area contributed by atoms with Crippen LogP contribution in [0.4, 0.5) is 4.79 Å². The normalized spacial score (nSPS) is 12.4. The van der Waals surface area contributed by atoms with Crippen molar-refractivity contribution in [1.29, 1.82) is 0 Å². The van der Waals surface area contributed by atoms with Gasteiger partial charge in [0.25, 0.3) is 0 Å². The van der Waals surface area contributed by atoms with Gasteiger partial charge in [0, 0.05) is 24.6 Å². The molecule has 0 saturated heterocycles. The molecule has 4 nitrogen and oxygen atoms in total. The van der Waals surface area contributed by atoms with Gasteiger partial charge >= 0.3 is 6.09 Å². The molecule has 1 amide bonds. The lowest BCUT2D eigenvalue weighted by molar-refractivity contribution is 0.195. The summed E-state index contributed by atoms with van der Waals surface area (Å²) in [5, 5.41) is 14.3. The van der Waals surface area contributed by atoms with Gasteiger partial charge in [-0.25, -0.2) is 4.79 Å². The van der Waals surface area contributed by atoms with Crippen LogP contribution in [0.15, 0.2) is 60.8 Å². The van der Waals surface area contributed by atoms with Crippen molar-refractivity contribution in [1.82, 2.24) is 10.6 Å². The molecule has 176 valence electrons. The van der Waals surface area contributed by atoms with Crippen molar-refractivity contribution in [2.45, 2.75) is 58.3 Å². The molecule has 0 aliphatic rings. The van der Waals surface area contributed by atoms with E-state index in [1.54, 1.807) is 21.6 Å². The van der Waals surface area contributed by atoms with Crippen molar-refractivity contribution in [3.8, 4) is 0 Å². The molecular weight excluding hydrogens is 424 g/mol. The maximum Gasteiger partial charge on any atom is 0.404 e. The standard InChI is InChI=1S/C25H42N2O2S2/c1-2-3-4-5-6-7-8-9-10-11-12-13-14-15-16-17-18-19-20-26-21-23-30-31-24-22-27-25(28)29/h3-4,6-7,9-10,12-13,15-16,26-27H,2,5,8,11,14,17-24H2,1H3,(H,28,29)/b4-3-,7-6?,10-9?,13-12-,16-15-. The Bertz CT molecular complexity index is 544. The summed E-state index contributed by atoms with van der Waals surface area (Å²) in [6.07, 6.45) is 30.2. The van der Waals surface area contributed by atoms with Crippen LogP contribution < -0.4 is 10.6 Å². The number of carbonyl (C=O) groups is 1. The van der Waals surface area contributed by atoms with Gasteiger partial charge in [0.2, 0.25) is 0 Å². The highest BCUT2D eigenvalue weighted by molar-refractivity contribution is 8.76. The van der Waals surface area contributed by atoms with Crippen molar-refractivity contribution in [3.05, 3.63) is 60.8 Å². The summed E-state index contributed by atoms with van der Waals surface area (Å²) >= 11 is 0. The Balaban J connectivity index is 3.31. The van der Waals surface area contributed by atoms with Gasteiger partial charge in [-0.1, -0.05) is 89.3 Å². The largest absolute Gasteiger partial charge is 0.465 e. The van der Waals surface area contributed by atoms with E-state index >= 15 is 0 Å². The number of amides is 1. The Labute approximate surface area is 198 Å². The van der Waals surface area contributed by atoms with E-state index in [1.807, 2.05) is 0 Å². The van der Waals surface area contributed by atoms with Crippen LogP contribution >= 0.6 is 21.6 Å². The highest BCUT2D eigenvalue weighted by atomic mass is 33.1. The minimum atomic E-state index is -0.947. The van der Waals surface area contributed by atoms with Crippen LogP contribution in [0.25, 0.3) is 0 Å². The van der Waals surface area contributed by atoms with Gasteiger partial charge in [0.15, 0.2) is 0 Å². The number of unbranched alkanes of at least 4 members (excludes halogenated alkanes) is 2. The summed E-state index contributed by atoms with van der Waals surface area (Å²) < 4.78 is 0. The Kier molecular flexibility index (Phi) is 25.5. The molecule has 0 aliphatic heterocycles. The zero-order chi connectivity index (χ0) is 22.7. The summed E-state index contributed by atoms with van der Waals surface area (Å²) in [6, 6.07) is 0. The number of allylic oxidation sites excluding steroid dienone is 10. The van der Waals surface area contributed by atoms with Crippen molar-refractivity contribution in [2.75, 3.05) is 31.1 Å². The minimum absolute atomic E-state index is 0.510. The van der Waals surface area contributed by atoms with E-state index < -0.39 is 6.09 Å². The third-order valence-corrected chi connectivity index (χ3v) is 6.45. The van der Waals surface area contributed by atoms with E-state index in [0.717, 1.165) is 63.1 Å². The van der Waals surface area contributed by atoms with Crippen molar-refractivity contribution in [3.63, 3.8) is 0 Å². The van der Waals surface area contributed by atoms with Crippen molar-refractivity contribution in [2.24, 2.45) is 0 Å². The lowest BCUT2D eigenvalue weighted by Gasteiger charge is -2.04. The van der Waals surface area contributed by atoms with Crippen LogP contribution in [0.5, 0.6) is 0 Å².